The summed E-state index contributed by atoms with van der Waals surface area (Å²) >= 11 is 0.520. The first-order valence-corrected chi connectivity index (χ1v) is 11.8. The predicted molar refractivity (Wildman–Crippen MR) is 111 cm³/mol. The molecule has 2 heterocycles. The molecule has 0 unspecified atom stereocenters. The predicted octanol–water partition coefficient (Wildman–Crippen LogP) is 3.51. The molecule has 1 aromatic carbocycles. The molecule has 1 aliphatic rings. The number of carboxylic acids is 2. The molecular formula is C20H15F3N2O7S2. The van der Waals surface area contributed by atoms with E-state index in [4.69, 9.17) is 0 Å². The fourth-order valence-electron chi connectivity index (χ4n) is 3.74. The summed E-state index contributed by atoms with van der Waals surface area (Å²) in [6.07, 6.45) is -4.93. The van der Waals surface area contributed by atoms with Crippen molar-refractivity contribution in [3.8, 4) is 10.6 Å². The second kappa shape index (κ2) is 8.21. The van der Waals surface area contributed by atoms with Crippen LogP contribution in [-0.2, 0) is 25.8 Å². The Labute approximate surface area is 194 Å². The van der Waals surface area contributed by atoms with Crippen molar-refractivity contribution >= 4 is 33.3 Å². The molecule has 1 aliphatic carbocycles. The van der Waals surface area contributed by atoms with Gasteiger partial charge in [0.15, 0.2) is 0 Å². The Bertz CT molecular complexity index is 1350. The number of sulfonamides is 1. The summed E-state index contributed by atoms with van der Waals surface area (Å²) in [5, 5.41) is 22.6. The third-order valence-corrected chi connectivity index (χ3v) is 8.86. The quantitative estimate of drug-likeness (QED) is 0.464. The molecule has 0 spiro atoms. The molecule has 3 aromatic rings. The van der Waals surface area contributed by atoms with Crippen LogP contribution in [0.5, 0.6) is 0 Å². The lowest BCUT2D eigenvalue weighted by Crippen LogP contribution is -2.50. The summed E-state index contributed by atoms with van der Waals surface area (Å²) < 4.78 is 69.5. The monoisotopic (exact) mass is 516 g/mol. The summed E-state index contributed by atoms with van der Waals surface area (Å²) in [5.74, 6) is -5.23. The van der Waals surface area contributed by atoms with Crippen molar-refractivity contribution in [1.82, 2.24) is 9.46 Å². The molecule has 0 bridgehead atoms. The molecule has 2 N–H and O–H groups in total. The van der Waals surface area contributed by atoms with Gasteiger partial charge in [-0.05, 0) is 24.1 Å². The van der Waals surface area contributed by atoms with Crippen molar-refractivity contribution < 1.29 is 45.9 Å². The number of hydrogen-bond acceptors (Lipinski definition) is 7. The molecule has 2 aromatic heterocycles. The van der Waals surface area contributed by atoms with Crippen LogP contribution in [0.2, 0.25) is 0 Å². The van der Waals surface area contributed by atoms with Crippen LogP contribution in [0.4, 0.5) is 13.2 Å². The number of rotatable bonds is 8. The number of aromatic nitrogens is 1. The lowest BCUT2D eigenvalue weighted by Gasteiger charge is -2.27. The Morgan fingerprint density at radius 3 is 2.41 bits per heavy atom. The maximum absolute atomic E-state index is 13.4. The molecule has 1 fully saturated rings. The lowest BCUT2D eigenvalue weighted by atomic mass is 10.1. The molecule has 0 amide bonds. The Morgan fingerprint density at radius 2 is 1.85 bits per heavy atom. The average molecular weight is 516 g/mol. The standard InChI is InChI=1S/C20H15F3N2O7S2/c21-20(22,23)15-8-13(24-32-15)14-6-7-17(33-14)34(30,31)25(10-16(26)27)19(18(28)29)9-12(19)11-4-2-1-3-5-11/h1-8,12H,9-10H2,(H,26,27)(H,28,29)/t12-,19+/m0/s1. The van der Waals surface area contributed by atoms with Crippen LogP contribution >= 0.6 is 11.3 Å². The molecule has 0 saturated heterocycles. The van der Waals surface area contributed by atoms with Crippen LogP contribution in [0.25, 0.3) is 10.6 Å². The molecule has 34 heavy (non-hydrogen) atoms. The van der Waals surface area contributed by atoms with E-state index in [1.54, 1.807) is 30.3 Å². The van der Waals surface area contributed by atoms with Crippen LogP contribution in [0.1, 0.15) is 23.7 Å². The maximum atomic E-state index is 13.4. The van der Waals surface area contributed by atoms with Gasteiger partial charge in [0.25, 0.3) is 10.0 Å². The highest BCUT2D eigenvalue weighted by Crippen LogP contribution is 2.57. The largest absolute Gasteiger partial charge is 0.480 e. The van der Waals surface area contributed by atoms with Gasteiger partial charge in [0, 0.05) is 12.0 Å². The lowest BCUT2D eigenvalue weighted by molar-refractivity contribution is -0.155. The summed E-state index contributed by atoms with van der Waals surface area (Å²) in [7, 11) is -4.68. The number of carbonyl (C=O) groups is 2. The Morgan fingerprint density at radius 1 is 1.18 bits per heavy atom. The summed E-state index contributed by atoms with van der Waals surface area (Å²) in [4.78, 5) is 23.8. The van der Waals surface area contributed by atoms with Gasteiger partial charge >= 0.3 is 18.1 Å². The van der Waals surface area contributed by atoms with Gasteiger partial charge in [-0.2, -0.15) is 17.5 Å². The minimum atomic E-state index is -4.79. The molecule has 1 saturated carbocycles. The van der Waals surface area contributed by atoms with Crippen molar-refractivity contribution in [2.75, 3.05) is 6.54 Å². The first-order chi connectivity index (χ1) is 15.9. The zero-order chi connectivity index (χ0) is 24.9. The van der Waals surface area contributed by atoms with Crippen LogP contribution in [0.3, 0.4) is 0 Å². The van der Waals surface area contributed by atoms with Crippen molar-refractivity contribution in [2.24, 2.45) is 0 Å². The van der Waals surface area contributed by atoms with Gasteiger partial charge in [-0.15, -0.1) is 11.3 Å². The van der Waals surface area contributed by atoms with E-state index in [1.165, 1.54) is 6.07 Å². The average Bonchev–Trinajstić information content (AvgIpc) is 3.10. The van der Waals surface area contributed by atoms with Gasteiger partial charge in [-0.25, -0.2) is 8.42 Å². The summed E-state index contributed by atoms with van der Waals surface area (Å²) in [6.45, 7) is -1.12. The smallest absolute Gasteiger partial charge is 0.452 e. The Kier molecular flexibility index (Phi) is 5.78. The molecular weight excluding hydrogens is 501 g/mol. The van der Waals surface area contributed by atoms with Gasteiger partial charge in [0.1, 0.15) is 22.0 Å². The molecule has 180 valence electrons. The summed E-state index contributed by atoms with van der Waals surface area (Å²) in [6, 6.07) is 11.1. The Balaban J connectivity index is 1.73. The van der Waals surface area contributed by atoms with Crippen LogP contribution < -0.4 is 0 Å². The highest BCUT2D eigenvalue weighted by atomic mass is 32.2. The zero-order valence-corrected chi connectivity index (χ0v) is 18.5. The van der Waals surface area contributed by atoms with Crippen molar-refractivity contribution in [2.45, 2.75) is 28.3 Å². The van der Waals surface area contributed by atoms with E-state index in [9.17, 15) is 41.4 Å². The minimum absolute atomic E-state index is 0.00730. The fraction of sp³-hybridized carbons (Fsp3) is 0.250. The number of benzene rings is 1. The molecule has 0 aliphatic heterocycles. The van der Waals surface area contributed by atoms with Gasteiger partial charge in [0.05, 0.1) is 4.88 Å². The third kappa shape index (κ3) is 4.08. The van der Waals surface area contributed by atoms with E-state index >= 15 is 0 Å². The number of carboxylic acid groups (broad SMARTS) is 2. The first kappa shape index (κ1) is 23.9. The van der Waals surface area contributed by atoms with Gasteiger partial charge in [-0.3, -0.25) is 9.59 Å². The molecule has 4 rings (SSSR count). The van der Waals surface area contributed by atoms with E-state index in [0.717, 1.165) is 6.07 Å². The highest BCUT2D eigenvalue weighted by Gasteiger charge is 2.68. The molecule has 2 atom stereocenters. The Hall–Kier alpha value is -3.23. The topological polar surface area (TPSA) is 138 Å². The number of aliphatic carboxylic acids is 2. The van der Waals surface area contributed by atoms with Crippen LogP contribution in [0.15, 0.2) is 57.3 Å². The number of halogens is 3. The van der Waals surface area contributed by atoms with Gasteiger partial charge in [0.2, 0.25) is 5.76 Å². The second-order valence-corrected chi connectivity index (χ2v) is 10.7. The SMILES string of the molecule is O=C(O)CN([C@]1(C(=O)O)C[C@H]1c1ccccc1)S(=O)(=O)c1ccc(-c2cc(C(F)(F)F)on2)s1. The van der Waals surface area contributed by atoms with E-state index in [0.29, 0.717) is 27.3 Å². The molecule has 14 heteroatoms. The van der Waals surface area contributed by atoms with E-state index < -0.39 is 56.1 Å². The minimum Gasteiger partial charge on any atom is -0.480 e. The van der Waals surface area contributed by atoms with Crippen molar-refractivity contribution in [1.29, 1.82) is 0 Å². The maximum Gasteiger partial charge on any atom is 0.452 e. The summed E-state index contributed by atoms with van der Waals surface area (Å²) in [5.41, 5.74) is -1.77. The second-order valence-electron chi connectivity index (χ2n) is 7.50. The third-order valence-electron chi connectivity index (χ3n) is 5.40. The van der Waals surface area contributed by atoms with E-state index in [-0.39, 0.29) is 17.0 Å². The van der Waals surface area contributed by atoms with Crippen molar-refractivity contribution in [3.63, 3.8) is 0 Å². The highest BCUT2D eigenvalue weighted by molar-refractivity contribution is 7.91. The number of alkyl halides is 3. The number of nitrogens with zero attached hydrogens (tertiary/aromatic N) is 2. The van der Waals surface area contributed by atoms with E-state index in [2.05, 4.69) is 9.68 Å². The number of thiophene rings is 1. The van der Waals surface area contributed by atoms with Gasteiger partial charge < -0.3 is 14.7 Å². The fourth-order valence-corrected chi connectivity index (χ4v) is 6.84. The number of hydrogen-bond donors (Lipinski definition) is 2. The molecule has 9 nitrogen and oxygen atoms in total. The zero-order valence-electron chi connectivity index (χ0n) is 16.9. The van der Waals surface area contributed by atoms with Crippen LogP contribution in [0, 0.1) is 0 Å². The van der Waals surface area contributed by atoms with Crippen LogP contribution in [-0.4, -0.2) is 52.1 Å². The van der Waals surface area contributed by atoms with E-state index in [1.807, 2.05) is 0 Å². The van der Waals surface area contributed by atoms with Gasteiger partial charge in [-0.1, -0.05) is 35.5 Å². The first-order valence-electron chi connectivity index (χ1n) is 9.54. The molecule has 0 radical (unpaired) electrons. The normalized spacial score (nSPS) is 20.4. The van der Waals surface area contributed by atoms with Crippen molar-refractivity contribution in [3.05, 3.63) is 59.9 Å².